The molecule has 0 heterocycles. The smallest absolute Gasteiger partial charge is 0.325 e. The fourth-order valence-corrected chi connectivity index (χ4v) is 1.27. The topological polar surface area (TPSA) is 72.6 Å². The minimum Gasteiger partial charge on any atom is -0.468 e. The van der Waals surface area contributed by atoms with Gasteiger partial charge in [0.15, 0.2) is 0 Å². The first kappa shape index (κ1) is 15.9. The van der Waals surface area contributed by atoms with Crippen LogP contribution in [0.25, 0.3) is 0 Å². The van der Waals surface area contributed by atoms with Gasteiger partial charge in [0.25, 0.3) is 0 Å². The number of methoxy groups -OCH3 is 1. The largest absolute Gasteiger partial charge is 0.468 e. The highest BCUT2D eigenvalue weighted by Crippen LogP contribution is 2.19. The second-order valence-electron chi connectivity index (χ2n) is 5.48. The van der Waals surface area contributed by atoms with Crippen LogP contribution >= 0.6 is 0 Å². The van der Waals surface area contributed by atoms with Gasteiger partial charge in [-0.2, -0.15) is 0 Å². The number of carbonyl (C=O) groups is 2. The van der Waals surface area contributed by atoms with Crippen LogP contribution in [-0.4, -0.2) is 42.5 Å². The van der Waals surface area contributed by atoms with Crippen LogP contribution in [0.5, 0.6) is 0 Å². The summed E-state index contributed by atoms with van der Waals surface area (Å²) in [6.45, 7) is 9.31. The molecule has 0 aromatic heterocycles. The molecule has 17 heavy (non-hydrogen) atoms. The summed E-state index contributed by atoms with van der Waals surface area (Å²) in [7, 11) is 1.30. The molecule has 0 unspecified atom stereocenters. The number of hydrogen-bond acceptors (Lipinski definition) is 4. The third-order valence-corrected chi connectivity index (χ3v) is 2.63. The van der Waals surface area contributed by atoms with Crippen molar-refractivity contribution in [2.75, 3.05) is 13.7 Å². The Morgan fingerprint density at radius 2 is 1.76 bits per heavy atom. The van der Waals surface area contributed by atoms with E-state index in [4.69, 9.17) is 5.73 Å². The summed E-state index contributed by atoms with van der Waals surface area (Å²) < 4.78 is 4.57. The number of hydrogen-bond donors (Lipinski definition) is 1. The number of nitrogens with two attached hydrogens (primary N) is 1. The molecule has 0 aliphatic heterocycles. The zero-order chi connectivity index (χ0) is 13.8. The van der Waals surface area contributed by atoms with Gasteiger partial charge in [-0.05, 0) is 19.3 Å². The van der Waals surface area contributed by atoms with Crippen molar-refractivity contribution in [3.05, 3.63) is 0 Å². The first-order chi connectivity index (χ1) is 7.61. The molecule has 5 heteroatoms. The lowest BCUT2D eigenvalue weighted by atomic mass is 9.86. The molecule has 100 valence electrons. The standard InChI is InChI=1S/C12H24N2O3/c1-8(2)14(7-9(15)17-6)11(16)10(13)12(3,4)5/h8,10H,7,13H2,1-6H3/t10-/m0/s1. The van der Waals surface area contributed by atoms with Crippen LogP contribution in [0.1, 0.15) is 34.6 Å². The molecular formula is C12H24N2O3. The van der Waals surface area contributed by atoms with Gasteiger partial charge in [0.05, 0.1) is 13.2 Å². The van der Waals surface area contributed by atoms with E-state index in [1.165, 1.54) is 12.0 Å². The highest BCUT2D eigenvalue weighted by atomic mass is 16.5. The second kappa shape index (κ2) is 6.00. The van der Waals surface area contributed by atoms with E-state index in [0.717, 1.165) is 0 Å². The van der Waals surface area contributed by atoms with Crippen LogP contribution in [0.2, 0.25) is 0 Å². The van der Waals surface area contributed by atoms with Gasteiger partial charge in [-0.1, -0.05) is 20.8 Å². The fraction of sp³-hybridized carbons (Fsp3) is 0.833. The number of amides is 1. The molecule has 0 rings (SSSR count). The van der Waals surface area contributed by atoms with Gasteiger partial charge in [-0.15, -0.1) is 0 Å². The van der Waals surface area contributed by atoms with Crippen LogP contribution in [0.15, 0.2) is 0 Å². The second-order valence-corrected chi connectivity index (χ2v) is 5.48. The van der Waals surface area contributed by atoms with Gasteiger partial charge in [0.1, 0.15) is 6.54 Å². The first-order valence-corrected chi connectivity index (χ1v) is 5.74. The van der Waals surface area contributed by atoms with Crippen molar-refractivity contribution in [2.45, 2.75) is 46.7 Å². The van der Waals surface area contributed by atoms with Crippen molar-refractivity contribution < 1.29 is 14.3 Å². The lowest BCUT2D eigenvalue weighted by molar-refractivity contribution is -0.149. The van der Waals surface area contributed by atoms with E-state index in [2.05, 4.69) is 4.74 Å². The zero-order valence-electron chi connectivity index (χ0n) is 11.6. The van der Waals surface area contributed by atoms with E-state index in [1.54, 1.807) is 0 Å². The maximum Gasteiger partial charge on any atom is 0.325 e. The van der Waals surface area contributed by atoms with Crippen LogP contribution in [0.3, 0.4) is 0 Å². The average molecular weight is 244 g/mol. The molecular weight excluding hydrogens is 220 g/mol. The van der Waals surface area contributed by atoms with Crippen LogP contribution in [0, 0.1) is 5.41 Å². The van der Waals surface area contributed by atoms with Crippen molar-refractivity contribution in [2.24, 2.45) is 11.1 Å². The monoisotopic (exact) mass is 244 g/mol. The maximum atomic E-state index is 12.2. The van der Waals surface area contributed by atoms with Crippen molar-refractivity contribution in [1.82, 2.24) is 4.90 Å². The molecule has 0 radical (unpaired) electrons. The zero-order valence-corrected chi connectivity index (χ0v) is 11.6. The maximum absolute atomic E-state index is 12.2. The molecule has 0 aromatic carbocycles. The van der Waals surface area contributed by atoms with E-state index in [9.17, 15) is 9.59 Å². The number of carbonyl (C=O) groups excluding carboxylic acids is 2. The third-order valence-electron chi connectivity index (χ3n) is 2.63. The fourth-order valence-electron chi connectivity index (χ4n) is 1.27. The highest BCUT2D eigenvalue weighted by molar-refractivity contribution is 5.86. The predicted molar refractivity (Wildman–Crippen MR) is 66.3 cm³/mol. The van der Waals surface area contributed by atoms with E-state index in [-0.39, 0.29) is 23.9 Å². The molecule has 0 bridgehead atoms. The van der Waals surface area contributed by atoms with E-state index >= 15 is 0 Å². The highest BCUT2D eigenvalue weighted by Gasteiger charge is 2.33. The summed E-state index contributed by atoms with van der Waals surface area (Å²) in [6, 6.07) is -0.718. The molecule has 5 nitrogen and oxygen atoms in total. The minimum absolute atomic E-state index is 0.0587. The summed E-state index contributed by atoms with van der Waals surface area (Å²) in [4.78, 5) is 24.9. The molecule has 0 aromatic rings. The van der Waals surface area contributed by atoms with Crippen molar-refractivity contribution in [3.63, 3.8) is 0 Å². The summed E-state index contributed by atoms with van der Waals surface area (Å²) in [5.74, 6) is -0.661. The van der Waals surface area contributed by atoms with Crippen LogP contribution in [-0.2, 0) is 14.3 Å². The lowest BCUT2D eigenvalue weighted by Gasteiger charge is -2.33. The van der Waals surface area contributed by atoms with Gasteiger partial charge in [0.2, 0.25) is 5.91 Å². The summed E-state index contributed by atoms with van der Waals surface area (Å²) in [5, 5.41) is 0. The Balaban J connectivity index is 4.84. The van der Waals surface area contributed by atoms with Crippen molar-refractivity contribution >= 4 is 11.9 Å². The Labute approximate surface area is 103 Å². The number of ether oxygens (including phenoxy) is 1. The Hall–Kier alpha value is -1.10. The van der Waals surface area contributed by atoms with E-state index in [0.29, 0.717) is 0 Å². The Morgan fingerprint density at radius 1 is 1.29 bits per heavy atom. The molecule has 1 amide bonds. The van der Waals surface area contributed by atoms with E-state index < -0.39 is 12.0 Å². The molecule has 0 fully saturated rings. The Morgan fingerprint density at radius 3 is 2.06 bits per heavy atom. The molecule has 0 aliphatic rings. The van der Waals surface area contributed by atoms with Crippen LogP contribution < -0.4 is 5.73 Å². The molecule has 0 aliphatic carbocycles. The van der Waals surface area contributed by atoms with Gasteiger partial charge in [-0.3, -0.25) is 9.59 Å². The number of rotatable bonds is 4. The Kier molecular flexibility index (Phi) is 5.61. The van der Waals surface area contributed by atoms with Gasteiger partial charge < -0.3 is 15.4 Å². The summed E-state index contributed by atoms with van der Waals surface area (Å²) in [5.41, 5.74) is 5.57. The van der Waals surface area contributed by atoms with Gasteiger partial charge in [-0.25, -0.2) is 0 Å². The summed E-state index contributed by atoms with van der Waals surface area (Å²) >= 11 is 0. The minimum atomic E-state index is -0.630. The lowest BCUT2D eigenvalue weighted by Crippen LogP contribution is -2.53. The molecule has 0 saturated heterocycles. The van der Waals surface area contributed by atoms with Crippen molar-refractivity contribution in [1.29, 1.82) is 0 Å². The van der Waals surface area contributed by atoms with Gasteiger partial charge in [0, 0.05) is 6.04 Å². The molecule has 2 N–H and O–H groups in total. The molecule has 1 atom stereocenters. The summed E-state index contributed by atoms with van der Waals surface area (Å²) in [6.07, 6.45) is 0. The molecule has 0 spiro atoms. The quantitative estimate of drug-likeness (QED) is 0.741. The molecule has 0 saturated carbocycles. The van der Waals surface area contributed by atoms with Crippen molar-refractivity contribution in [3.8, 4) is 0 Å². The van der Waals surface area contributed by atoms with Crippen LogP contribution in [0.4, 0.5) is 0 Å². The van der Waals surface area contributed by atoms with E-state index in [1.807, 2.05) is 34.6 Å². The van der Waals surface area contributed by atoms with Gasteiger partial charge >= 0.3 is 5.97 Å². The predicted octanol–water partition coefficient (Wildman–Crippen LogP) is 0.770. The SMILES string of the molecule is COC(=O)CN(C(=O)[C@H](N)C(C)(C)C)C(C)C. The number of nitrogens with zero attached hydrogens (tertiary/aromatic N) is 1. The third kappa shape index (κ3) is 4.73. The number of esters is 1. The normalized spacial score (nSPS) is 13.4. The average Bonchev–Trinajstić information content (AvgIpc) is 2.21. The first-order valence-electron chi connectivity index (χ1n) is 5.74. The Bertz CT molecular complexity index is 282.